The van der Waals surface area contributed by atoms with Gasteiger partial charge in [0.15, 0.2) is 0 Å². The third kappa shape index (κ3) is 4.40. The maximum atomic E-state index is 12.8. The lowest BCUT2D eigenvalue weighted by atomic mass is 10.1. The minimum absolute atomic E-state index is 0.0210. The Balaban J connectivity index is 1.88. The third-order valence-corrected chi connectivity index (χ3v) is 6.09. The standard InChI is InChI=1S/C20H22N2O5S/c1-12-5-9-16(28(25,26)22-15-7-8-15)11-17(12)19(23)21-18-10-14(20(24)27-3)6-4-13(18)2/h4-6,9-11,15,22H,7-8H2,1-3H3,(H,21,23). The van der Waals surface area contributed by atoms with Crippen LogP contribution in [-0.2, 0) is 14.8 Å². The zero-order valence-corrected chi connectivity index (χ0v) is 16.7. The fraction of sp³-hybridized carbons (Fsp3) is 0.300. The normalized spacial score (nSPS) is 13.8. The molecule has 2 aromatic carbocycles. The number of amides is 1. The van der Waals surface area contributed by atoms with Crippen molar-refractivity contribution in [3.63, 3.8) is 0 Å². The molecule has 0 radical (unpaired) electrons. The first-order chi connectivity index (χ1) is 13.2. The molecule has 148 valence electrons. The molecule has 1 aliphatic rings. The molecule has 8 heteroatoms. The Morgan fingerprint density at radius 1 is 1.04 bits per heavy atom. The van der Waals surface area contributed by atoms with Gasteiger partial charge in [-0.1, -0.05) is 12.1 Å². The van der Waals surface area contributed by atoms with Crippen LogP contribution in [0.2, 0.25) is 0 Å². The van der Waals surface area contributed by atoms with Crippen molar-refractivity contribution in [1.29, 1.82) is 0 Å². The number of aryl methyl sites for hydroxylation is 2. The predicted molar refractivity (Wildman–Crippen MR) is 105 cm³/mol. The fourth-order valence-corrected chi connectivity index (χ4v) is 4.02. The number of hydrogen-bond acceptors (Lipinski definition) is 5. The highest BCUT2D eigenvalue weighted by molar-refractivity contribution is 7.89. The van der Waals surface area contributed by atoms with Gasteiger partial charge in [0.2, 0.25) is 10.0 Å². The van der Waals surface area contributed by atoms with Gasteiger partial charge >= 0.3 is 5.97 Å². The number of sulfonamides is 1. The summed E-state index contributed by atoms with van der Waals surface area (Å²) in [6, 6.07) is 9.29. The highest BCUT2D eigenvalue weighted by atomic mass is 32.2. The van der Waals surface area contributed by atoms with Crippen molar-refractivity contribution in [3.05, 3.63) is 58.7 Å². The van der Waals surface area contributed by atoms with Crippen LogP contribution in [0.1, 0.15) is 44.7 Å². The third-order valence-electron chi connectivity index (χ3n) is 4.57. The van der Waals surface area contributed by atoms with Crippen LogP contribution < -0.4 is 10.0 Å². The quantitative estimate of drug-likeness (QED) is 0.724. The van der Waals surface area contributed by atoms with E-state index < -0.39 is 21.9 Å². The molecule has 1 saturated carbocycles. The van der Waals surface area contributed by atoms with Crippen molar-refractivity contribution in [2.24, 2.45) is 0 Å². The monoisotopic (exact) mass is 402 g/mol. The average molecular weight is 402 g/mol. The lowest BCUT2D eigenvalue weighted by Crippen LogP contribution is -2.26. The van der Waals surface area contributed by atoms with Crippen molar-refractivity contribution in [2.45, 2.75) is 37.6 Å². The van der Waals surface area contributed by atoms with Crippen LogP contribution >= 0.6 is 0 Å². The summed E-state index contributed by atoms with van der Waals surface area (Å²) in [5.41, 5.74) is 2.42. The lowest BCUT2D eigenvalue weighted by Gasteiger charge is -2.13. The molecule has 1 amide bonds. The molecule has 2 aromatic rings. The Morgan fingerprint density at radius 3 is 2.36 bits per heavy atom. The molecule has 3 rings (SSSR count). The van der Waals surface area contributed by atoms with Gasteiger partial charge < -0.3 is 10.1 Å². The van der Waals surface area contributed by atoms with E-state index in [-0.39, 0.29) is 16.5 Å². The predicted octanol–water partition coefficient (Wildman–Crippen LogP) is 2.78. The first-order valence-corrected chi connectivity index (χ1v) is 10.3. The van der Waals surface area contributed by atoms with Crippen molar-refractivity contribution < 1.29 is 22.7 Å². The molecular formula is C20H22N2O5S. The Labute approximate surface area is 164 Å². The van der Waals surface area contributed by atoms with Crippen LogP contribution in [0, 0.1) is 13.8 Å². The highest BCUT2D eigenvalue weighted by Crippen LogP contribution is 2.24. The Hall–Kier alpha value is -2.71. The van der Waals surface area contributed by atoms with E-state index in [1.807, 2.05) is 0 Å². The number of ether oxygens (including phenoxy) is 1. The average Bonchev–Trinajstić information content (AvgIpc) is 3.46. The van der Waals surface area contributed by atoms with Gasteiger partial charge in [0.05, 0.1) is 17.6 Å². The first kappa shape index (κ1) is 20.0. The molecule has 1 aliphatic carbocycles. The molecule has 0 saturated heterocycles. The number of hydrogen-bond donors (Lipinski definition) is 2. The number of rotatable bonds is 6. The van der Waals surface area contributed by atoms with Crippen LogP contribution in [0.5, 0.6) is 0 Å². The van der Waals surface area contributed by atoms with Crippen LogP contribution in [-0.4, -0.2) is 33.4 Å². The number of methoxy groups -OCH3 is 1. The van der Waals surface area contributed by atoms with Crippen molar-refractivity contribution in [1.82, 2.24) is 4.72 Å². The van der Waals surface area contributed by atoms with Gasteiger partial charge in [-0.05, 0) is 62.1 Å². The number of benzene rings is 2. The minimum atomic E-state index is -3.66. The van der Waals surface area contributed by atoms with E-state index >= 15 is 0 Å². The van der Waals surface area contributed by atoms with Gasteiger partial charge in [0.1, 0.15) is 0 Å². The summed E-state index contributed by atoms with van der Waals surface area (Å²) in [5.74, 6) is -0.961. The van der Waals surface area contributed by atoms with Crippen molar-refractivity contribution in [3.8, 4) is 0 Å². The molecule has 0 bridgehead atoms. The van der Waals surface area contributed by atoms with Crippen LogP contribution in [0.4, 0.5) is 5.69 Å². The number of esters is 1. The number of carbonyl (C=O) groups excluding carboxylic acids is 2. The summed E-state index contributed by atoms with van der Waals surface area (Å²) in [7, 11) is -2.38. The SMILES string of the molecule is COC(=O)c1ccc(C)c(NC(=O)c2cc(S(=O)(=O)NC3CC3)ccc2C)c1. The topological polar surface area (TPSA) is 102 Å². The summed E-state index contributed by atoms with van der Waals surface area (Å²) < 4.78 is 32.2. The molecule has 7 nitrogen and oxygen atoms in total. The van der Waals surface area contributed by atoms with Crippen molar-refractivity contribution >= 4 is 27.6 Å². The largest absolute Gasteiger partial charge is 0.465 e. The Morgan fingerprint density at radius 2 is 1.71 bits per heavy atom. The van der Waals surface area contributed by atoms with Gasteiger partial charge in [0, 0.05) is 17.3 Å². The summed E-state index contributed by atoms with van der Waals surface area (Å²) in [5, 5.41) is 2.76. The van der Waals surface area contributed by atoms with Crippen molar-refractivity contribution in [2.75, 3.05) is 12.4 Å². The van der Waals surface area contributed by atoms with Crippen LogP contribution in [0.15, 0.2) is 41.3 Å². The van der Waals surface area contributed by atoms with Gasteiger partial charge in [-0.2, -0.15) is 0 Å². The Kier molecular flexibility index (Phi) is 5.53. The lowest BCUT2D eigenvalue weighted by molar-refractivity contribution is 0.0600. The molecule has 0 heterocycles. The van der Waals surface area contributed by atoms with E-state index in [2.05, 4.69) is 10.0 Å². The first-order valence-electron chi connectivity index (χ1n) is 8.84. The molecule has 1 fully saturated rings. The second-order valence-corrected chi connectivity index (χ2v) is 8.56. The van der Waals surface area contributed by atoms with E-state index in [0.717, 1.165) is 18.4 Å². The number of carbonyl (C=O) groups is 2. The van der Waals surface area contributed by atoms with E-state index in [1.54, 1.807) is 32.0 Å². The van der Waals surface area contributed by atoms with Gasteiger partial charge in [-0.15, -0.1) is 0 Å². The molecule has 0 aliphatic heterocycles. The molecule has 2 N–H and O–H groups in total. The van der Waals surface area contributed by atoms with Gasteiger partial charge in [-0.25, -0.2) is 17.9 Å². The minimum Gasteiger partial charge on any atom is -0.465 e. The smallest absolute Gasteiger partial charge is 0.337 e. The second-order valence-electron chi connectivity index (χ2n) is 6.85. The van der Waals surface area contributed by atoms with Crippen LogP contribution in [0.3, 0.4) is 0 Å². The zero-order valence-electron chi connectivity index (χ0n) is 15.9. The van der Waals surface area contributed by atoms with Gasteiger partial charge in [-0.3, -0.25) is 4.79 Å². The molecule has 0 spiro atoms. The zero-order chi connectivity index (χ0) is 20.5. The molecule has 0 aromatic heterocycles. The van der Waals surface area contributed by atoms with Gasteiger partial charge in [0.25, 0.3) is 5.91 Å². The van der Waals surface area contributed by atoms with E-state index in [0.29, 0.717) is 16.8 Å². The summed E-state index contributed by atoms with van der Waals surface area (Å²) in [4.78, 5) is 24.6. The van der Waals surface area contributed by atoms with E-state index in [9.17, 15) is 18.0 Å². The molecular weight excluding hydrogens is 380 g/mol. The number of anilines is 1. The van der Waals surface area contributed by atoms with E-state index in [4.69, 9.17) is 4.74 Å². The van der Waals surface area contributed by atoms with Crippen LogP contribution in [0.25, 0.3) is 0 Å². The summed E-state index contributed by atoms with van der Waals surface area (Å²) >= 11 is 0. The molecule has 0 unspecified atom stereocenters. The van der Waals surface area contributed by atoms with E-state index in [1.165, 1.54) is 25.3 Å². The number of nitrogens with one attached hydrogen (secondary N) is 2. The molecule has 28 heavy (non-hydrogen) atoms. The maximum absolute atomic E-state index is 12.8. The maximum Gasteiger partial charge on any atom is 0.337 e. The Bertz CT molecular complexity index is 1040. The highest BCUT2D eigenvalue weighted by Gasteiger charge is 2.28. The second kappa shape index (κ2) is 7.73. The summed E-state index contributed by atoms with van der Waals surface area (Å²) in [6.45, 7) is 3.53. The summed E-state index contributed by atoms with van der Waals surface area (Å²) in [6.07, 6.45) is 1.66. The molecule has 0 atom stereocenters. The fourth-order valence-electron chi connectivity index (χ4n) is 2.69.